The molecule has 23 heavy (non-hydrogen) atoms. The summed E-state index contributed by atoms with van der Waals surface area (Å²) >= 11 is 0. The average molecular weight is 318 g/mol. The van der Waals surface area contributed by atoms with Crippen molar-refractivity contribution >= 4 is 5.91 Å². The van der Waals surface area contributed by atoms with Gasteiger partial charge in [0.05, 0.1) is 0 Å². The van der Waals surface area contributed by atoms with Gasteiger partial charge in [0.25, 0.3) is 5.91 Å². The molecule has 1 aromatic rings. The van der Waals surface area contributed by atoms with Crippen LogP contribution in [0.2, 0.25) is 0 Å². The fourth-order valence-electron chi connectivity index (χ4n) is 3.03. The van der Waals surface area contributed by atoms with E-state index in [4.69, 9.17) is 4.74 Å². The van der Waals surface area contributed by atoms with Crippen LogP contribution in [-0.4, -0.2) is 42.6 Å². The summed E-state index contributed by atoms with van der Waals surface area (Å²) in [5.74, 6) is 0.783. The Morgan fingerprint density at radius 1 is 1.35 bits per heavy atom. The lowest BCUT2D eigenvalue weighted by Gasteiger charge is -2.32. The first-order valence-electron chi connectivity index (χ1n) is 8.76. The zero-order valence-electron chi connectivity index (χ0n) is 14.9. The van der Waals surface area contributed by atoms with Gasteiger partial charge in [-0.2, -0.15) is 0 Å². The Hall–Kier alpha value is -1.55. The summed E-state index contributed by atoms with van der Waals surface area (Å²) in [5.41, 5.74) is 2.28. The summed E-state index contributed by atoms with van der Waals surface area (Å²) in [6, 6.07) is 6.22. The van der Waals surface area contributed by atoms with Gasteiger partial charge in [0.2, 0.25) is 0 Å². The van der Waals surface area contributed by atoms with Crippen LogP contribution in [0.25, 0.3) is 0 Å². The summed E-state index contributed by atoms with van der Waals surface area (Å²) in [6.07, 6.45) is 2.78. The van der Waals surface area contributed by atoms with Gasteiger partial charge in [-0.25, -0.2) is 0 Å². The lowest BCUT2D eigenvalue weighted by atomic mass is 10.0. The molecule has 4 nitrogen and oxygen atoms in total. The Bertz CT molecular complexity index is 522. The monoisotopic (exact) mass is 318 g/mol. The van der Waals surface area contributed by atoms with Gasteiger partial charge in [-0.05, 0) is 63.8 Å². The lowest BCUT2D eigenvalue weighted by molar-refractivity contribution is -0.128. The molecule has 1 fully saturated rings. The Balaban J connectivity index is 1.83. The highest BCUT2D eigenvalue weighted by molar-refractivity contribution is 5.81. The van der Waals surface area contributed by atoms with Crippen LogP contribution in [0.15, 0.2) is 18.2 Å². The molecule has 4 heteroatoms. The van der Waals surface area contributed by atoms with E-state index in [1.165, 1.54) is 12.0 Å². The maximum Gasteiger partial charge on any atom is 0.260 e. The molecular formula is C19H30N2O2. The van der Waals surface area contributed by atoms with Crippen LogP contribution in [0.4, 0.5) is 0 Å². The molecule has 0 aromatic heterocycles. The van der Waals surface area contributed by atoms with E-state index in [-0.39, 0.29) is 11.9 Å². The van der Waals surface area contributed by atoms with Crippen LogP contribution in [0.1, 0.15) is 44.2 Å². The molecule has 0 radical (unpaired) electrons. The molecule has 1 unspecified atom stereocenters. The van der Waals surface area contributed by atoms with Crippen LogP contribution >= 0.6 is 0 Å². The first kappa shape index (κ1) is 17.8. The molecular weight excluding hydrogens is 288 g/mol. The van der Waals surface area contributed by atoms with E-state index < -0.39 is 6.10 Å². The quantitative estimate of drug-likeness (QED) is 0.876. The number of nitrogens with zero attached hydrogens (tertiary/aromatic N) is 1. The Labute approximate surface area is 140 Å². The molecule has 1 aliphatic heterocycles. The van der Waals surface area contributed by atoms with Crippen LogP contribution in [0.5, 0.6) is 5.75 Å². The third kappa shape index (κ3) is 4.96. The number of aryl methyl sites for hydroxylation is 1. The van der Waals surface area contributed by atoms with Crippen molar-refractivity contribution < 1.29 is 9.53 Å². The Morgan fingerprint density at radius 3 is 2.70 bits per heavy atom. The molecule has 1 N–H and O–H groups in total. The SMILES string of the molecule is CCCN1CCC(NC(=O)C(C)Oc2cccc(C)c2C)CC1. The summed E-state index contributed by atoms with van der Waals surface area (Å²) in [6.45, 7) is 11.4. The summed E-state index contributed by atoms with van der Waals surface area (Å²) in [7, 11) is 0. The number of benzene rings is 1. The predicted molar refractivity (Wildman–Crippen MR) is 93.9 cm³/mol. The maximum atomic E-state index is 12.4. The van der Waals surface area contributed by atoms with Gasteiger partial charge in [0.15, 0.2) is 6.10 Å². The van der Waals surface area contributed by atoms with Crippen molar-refractivity contribution in [3.8, 4) is 5.75 Å². The average Bonchev–Trinajstić information content (AvgIpc) is 2.54. The number of piperidine rings is 1. The largest absolute Gasteiger partial charge is 0.481 e. The molecule has 0 bridgehead atoms. The number of ether oxygens (including phenoxy) is 1. The molecule has 1 heterocycles. The number of amides is 1. The van der Waals surface area contributed by atoms with Gasteiger partial charge in [0, 0.05) is 19.1 Å². The van der Waals surface area contributed by atoms with Gasteiger partial charge >= 0.3 is 0 Å². The minimum absolute atomic E-state index is 0.0140. The van der Waals surface area contributed by atoms with E-state index in [1.54, 1.807) is 0 Å². The zero-order chi connectivity index (χ0) is 16.8. The standard InChI is InChI=1S/C19H30N2O2/c1-5-11-21-12-9-17(10-13-21)20-19(22)16(4)23-18-8-6-7-14(2)15(18)3/h6-8,16-17H,5,9-13H2,1-4H3,(H,20,22). The molecule has 1 saturated heterocycles. The fourth-order valence-corrected chi connectivity index (χ4v) is 3.03. The van der Waals surface area contributed by atoms with E-state index in [0.717, 1.165) is 43.8 Å². The first-order chi connectivity index (χ1) is 11.0. The van der Waals surface area contributed by atoms with Crippen LogP contribution < -0.4 is 10.1 Å². The maximum absolute atomic E-state index is 12.4. The highest BCUT2D eigenvalue weighted by Crippen LogP contribution is 2.22. The topological polar surface area (TPSA) is 41.6 Å². The molecule has 1 aromatic carbocycles. The summed E-state index contributed by atoms with van der Waals surface area (Å²) < 4.78 is 5.87. The molecule has 1 amide bonds. The van der Waals surface area contributed by atoms with E-state index in [1.807, 2.05) is 26.0 Å². The van der Waals surface area contributed by atoms with E-state index >= 15 is 0 Å². The van der Waals surface area contributed by atoms with E-state index in [9.17, 15) is 4.79 Å². The van der Waals surface area contributed by atoms with Crippen LogP contribution in [0.3, 0.4) is 0 Å². The molecule has 0 spiro atoms. The second-order valence-electron chi connectivity index (χ2n) is 6.58. The number of rotatable bonds is 6. The Kier molecular flexibility index (Phi) is 6.46. The molecule has 1 atom stereocenters. The number of nitrogens with one attached hydrogen (secondary N) is 1. The second kappa shape index (κ2) is 8.34. The third-order valence-corrected chi connectivity index (χ3v) is 4.70. The van der Waals surface area contributed by atoms with E-state index in [2.05, 4.69) is 30.1 Å². The molecule has 0 aliphatic carbocycles. The van der Waals surface area contributed by atoms with Gasteiger partial charge in [-0.15, -0.1) is 0 Å². The second-order valence-corrected chi connectivity index (χ2v) is 6.58. The van der Waals surface area contributed by atoms with Crippen molar-refractivity contribution in [1.82, 2.24) is 10.2 Å². The van der Waals surface area contributed by atoms with Crippen molar-refractivity contribution in [2.45, 2.75) is 59.1 Å². The highest BCUT2D eigenvalue weighted by Gasteiger charge is 2.23. The van der Waals surface area contributed by atoms with Crippen LogP contribution in [-0.2, 0) is 4.79 Å². The normalized spacial score (nSPS) is 17.7. The van der Waals surface area contributed by atoms with Crippen molar-refractivity contribution in [1.29, 1.82) is 0 Å². The van der Waals surface area contributed by atoms with Gasteiger partial charge < -0.3 is 15.0 Å². The summed E-state index contributed by atoms with van der Waals surface area (Å²) in [4.78, 5) is 14.8. The molecule has 128 valence electrons. The number of hydrogen-bond donors (Lipinski definition) is 1. The fraction of sp³-hybridized carbons (Fsp3) is 0.632. The third-order valence-electron chi connectivity index (χ3n) is 4.70. The van der Waals surface area contributed by atoms with Crippen molar-refractivity contribution in [2.24, 2.45) is 0 Å². The number of carbonyl (C=O) groups is 1. The highest BCUT2D eigenvalue weighted by atomic mass is 16.5. The first-order valence-corrected chi connectivity index (χ1v) is 8.76. The van der Waals surface area contributed by atoms with Crippen LogP contribution in [0, 0.1) is 13.8 Å². The lowest BCUT2D eigenvalue weighted by Crippen LogP contribution is -2.48. The Morgan fingerprint density at radius 2 is 2.04 bits per heavy atom. The van der Waals surface area contributed by atoms with Crippen molar-refractivity contribution in [3.63, 3.8) is 0 Å². The van der Waals surface area contributed by atoms with Crippen molar-refractivity contribution in [3.05, 3.63) is 29.3 Å². The van der Waals surface area contributed by atoms with E-state index in [0.29, 0.717) is 0 Å². The molecule has 2 rings (SSSR count). The van der Waals surface area contributed by atoms with Gasteiger partial charge in [-0.3, -0.25) is 4.79 Å². The van der Waals surface area contributed by atoms with Gasteiger partial charge in [-0.1, -0.05) is 19.1 Å². The minimum Gasteiger partial charge on any atom is -0.481 e. The predicted octanol–water partition coefficient (Wildman–Crippen LogP) is 3.06. The molecule has 0 saturated carbocycles. The number of carbonyl (C=O) groups excluding carboxylic acids is 1. The zero-order valence-corrected chi connectivity index (χ0v) is 14.9. The number of likely N-dealkylation sites (tertiary alicyclic amines) is 1. The number of hydrogen-bond acceptors (Lipinski definition) is 3. The minimum atomic E-state index is -0.468. The molecule has 1 aliphatic rings. The smallest absolute Gasteiger partial charge is 0.260 e. The van der Waals surface area contributed by atoms with Crippen molar-refractivity contribution in [2.75, 3.05) is 19.6 Å². The van der Waals surface area contributed by atoms with Gasteiger partial charge in [0.1, 0.15) is 5.75 Å². The summed E-state index contributed by atoms with van der Waals surface area (Å²) in [5, 5.41) is 3.15.